The number of aryl methyl sites for hydroxylation is 2. The number of carbonyl (C=O) groups is 1. The number of hydrogen-bond donors (Lipinski definition) is 1. The zero-order valence-corrected chi connectivity index (χ0v) is 17.6. The first kappa shape index (κ1) is 20.9. The normalized spacial score (nSPS) is 10.8. The average molecular weight is 428 g/mol. The van der Waals surface area contributed by atoms with Gasteiger partial charge in [0.15, 0.2) is 12.3 Å². The molecule has 8 heteroatoms. The number of nitrogens with zero attached hydrogens (tertiary/aromatic N) is 3. The molecule has 2 heterocycles. The second-order valence-electron chi connectivity index (χ2n) is 7.38. The molecule has 0 spiro atoms. The van der Waals surface area contributed by atoms with Crippen molar-refractivity contribution in [3.8, 4) is 11.8 Å². The molecular formula is C24H20N4O4. The first-order valence-corrected chi connectivity index (χ1v) is 9.90. The molecule has 4 rings (SSSR count). The van der Waals surface area contributed by atoms with Gasteiger partial charge in [0.25, 0.3) is 5.91 Å². The first-order chi connectivity index (χ1) is 15.4. The van der Waals surface area contributed by atoms with Crippen LogP contribution in [0, 0.1) is 25.2 Å². The lowest BCUT2D eigenvalue weighted by molar-refractivity contribution is 0.0823. The summed E-state index contributed by atoms with van der Waals surface area (Å²) < 4.78 is 12.2. The highest BCUT2D eigenvalue weighted by molar-refractivity contribution is 5.86. The molecule has 2 aromatic carbocycles. The second-order valence-corrected chi connectivity index (χ2v) is 7.38. The minimum Gasteiger partial charge on any atom is -0.483 e. The van der Waals surface area contributed by atoms with Gasteiger partial charge in [-0.2, -0.15) is 15.0 Å². The highest BCUT2D eigenvalue weighted by atomic mass is 16.5. The molecule has 0 aliphatic heterocycles. The monoisotopic (exact) mass is 428 g/mol. The molecule has 0 bridgehead atoms. The maximum atomic E-state index is 12.7. The molecule has 0 fully saturated rings. The Morgan fingerprint density at radius 3 is 2.62 bits per heavy atom. The lowest BCUT2D eigenvalue weighted by Gasteiger charge is -2.13. The Labute approximate surface area is 183 Å². The summed E-state index contributed by atoms with van der Waals surface area (Å²) in [5.74, 6) is -0.0762. The van der Waals surface area contributed by atoms with Crippen LogP contribution in [0.25, 0.3) is 11.0 Å². The van der Waals surface area contributed by atoms with Gasteiger partial charge in [-0.3, -0.25) is 4.79 Å². The molecule has 0 radical (unpaired) electrons. The number of anilines is 1. The van der Waals surface area contributed by atoms with Crippen LogP contribution in [0.4, 0.5) is 5.82 Å². The molecule has 0 atom stereocenters. The fraction of sp³-hybridized carbons (Fsp3) is 0.167. The van der Waals surface area contributed by atoms with Gasteiger partial charge in [0, 0.05) is 29.0 Å². The van der Waals surface area contributed by atoms with Gasteiger partial charge in [0.2, 0.25) is 0 Å². The van der Waals surface area contributed by atoms with Crippen molar-refractivity contribution in [2.45, 2.75) is 20.3 Å². The molecule has 0 saturated carbocycles. The van der Waals surface area contributed by atoms with Crippen molar-refractivity contribution < 1.29 is 13.9 Å². The van der Waals surface area contributed by atoms with Crippen molar-refractivity contribution in [3.05, 3.63) is 86.9 Å². The average Bonchev–Trinajstić information content (AvgIpc) is 3.18. The van der Waals surface area contributed by atoms with E-state index in [1.165, 1.54) is 6.07 Å². The highest BCUT2D eigenvalue weighted by Gasteiger charge is 2.17. The van der Waals surface area contributed by atoms with E-state index in [1.807, 2.05) is 49.4 Å². The van der Waals surface area contributed by atoms with E-state index in [2.05, 4.69) is 5.10 Å². The number of hydrogen-bond acceptors (Lipinski definition) is 7. The topological polar surface area (TPSA) is 124 Å². The highest BCUT2D eigenvalue weighted by Crippen LogP contribution is 2.30. The summed E-state index contributed by atoms with van der Waals surface area (Å²) in [4.78, 5) is 25.1. The Hall–Kier alpha value is -4.38. The van der Waals surface area contributed by atoms with Gasteiger partial charge in [0.1, 0.15) is 23.2 Å². The molecule has 4 aromatic rings. The van der Waals surface area contributed by atoms with Crippen LogP contribution in [0.15, 0.2) is 57.7 Å². The van der Waals surface area contributed by atoms with Crippen molar-refractivity contribution in [3.63, 3.8) is 0 Å². The second kappa shape index (κ2) is 8.40. The van der Waals surface area contributed by atoms with E-state index in [-0.39, 0.29) is 18.1 Å². The van der Waals surface area contributed by atoms with E-state index in [4.69, 9.17) is 20.1 Å². The van der Waals surface area contributed by atoms with Gasteiger partial charge in [-0.1, -0.05) is 30.3 Å². The summed E-state index contributed by atoms with van der Waals surface area (Å²) >= 11 is 0. The Morgan fingerprint density at radius 2 is 1.94 bits per heavy atom. The number of aromatic nitrogens is 2. The van der Waals surface area contributed by atoms with Crippen LogP contribution in [-0.4, -0.2) is 22.3 Å². The van der Waals surface area contributed by atoms with Gasteiger partial charge in [0.05, 0.1) is 0 Å². The first-order valence-electron chi connectivity index (χ1n) is 9.90. The summed E-state index contributed by atoms with van der Waals surface area (Å²) in [7, 11) is 0. The van der Waals surface area contributed by atoms with Gasteiger partial charge >= 0.3 is 5.63 Å². The molecule has 32 heavy (non-hydrogen) atoms. The third-order valence-corrected chi connectivity index (χ3v) is 5.32. The van der Waals surface area contributed by atoms with Crippen LogP contribution in [0.2, 0.25) is 0 Å². The minimum absolute atomic E-state index is 0.0429. The standard InChI is InChI=1S/C24H20N4O4/c1-14-18-8-9-20(31-13-22(29)28-21(26)11-17(12-25)27-28)15(2)23(18)32-24(30)19(14)10-16-6-4-3-5-7-16/h3-9,11H,10,13,26H2,1-2H3. The van der Waals surface area contributed by atoms with Crippen LogP contribution in [0.1, 0.15) is 32.7 Å². The zero-order valence-electron chi connectivity index (χ0n) is 17.6. The SMILES string of the molecule is Cc1c(Cc2ccccc2)c(=O)oc2c(C)c(OCC(=O)n3nc(C#N)cc3N)ccc12. The van der Waals surface area contributed by atoms with E-state index >= 15 is 0 Å². The van der Waals surface area contributed by atoms with Crippen molar-refractivity contribution >= 4 is 22.7 Å². The number of nitriles is 1. The molecule has 0 aliphatic rings. The molecular weight excluding hydrogens is 408 g/mol. The van der Waals surface area contributed by atoms with Crippen LogP contribution < -0.4 is 16.1 Å². The third kappa shape index (κ3) is 3.84. The predicted octanol–water partition coefficient (Wildman–Crippen LogP) is 3.37. The van der Waals surface area contributed by atoms with Crippen molar-refractivity contribution in [2.24, 2.45) is 0 Å². The molecule has 0 amide bonds. The fourth-order valence-corrected chi connectivity index (χ4v) is 3.58. The summed E-state index contributed by atoms with van der Waals surface area (Å²) in [5.41, 5.74) is 8.86. The van der Waals surface area contributed by atoms with Gasteiger partial charge < -0.3 is 14.9 Å². The van der Waals surface area contributed by atoms with E-state index in [0.29, 0.717) is 28.9 Å². The largest absolute Gasteiger partial charge is 0.483 e. The Morgan fingerprint density at radius 1 is 1.19 bits per heavy atom. The molecule has 2 aromatic heterocycles. The lowest BCUT2D eigenvalue weighted by Crippen LogP contribution is -2.22. The Balaban J connectivity index is 1.62. The molecule has 2 N–H and O–H groups in total. The van der Waals surface area contributed by atoms with Gasteiger partial charge in [-0.25, -0.2) is 4.79 Å². The number of rotatable bonds is 5. The number of benzene rings is 2. The summed E-state index contributed by atoms with van der Waals surface area (Å²) in [6, 6.07) is 16.4. The van der Waals surface area contributed by atoms with Crippen LogP contribution >= 0.6 is 0 Å². The van der Waals surface area contributed by atoms with E-state index in [1.54, 1.807) is 13.0 Å². The number of carbonyl (C=O) groups excluding carboxylic acids is 1. The molecule has 0 aliphatic carbocycles. The molecule has 0 unspecified atom stereocenters. The lowest BCUT2D eigenvalue weighted by atomic mass is 9.98. The number of fused-ring (bicyclic) bond motifs is 1. The smallest absolute Gasteiger partial charge is 0.340 e. The molecule has 0 saturated heterocycles. The summed E-state index contributed by atoms with van der Waals surface area (Å²) in [6.07, 6.45) is 0.479. The summed E-state index contributed by atoms with van der Waals surface area (Å²) in [6.45, 7) is 3.31. The quantitative estimate of drug-likeness (QED) is 0.483. The zero-order chi connectivity index (χ0) is 22.8. The number of nitrogens with two attached hydrogens (primary N) is 1. The van der Waals surface area contributed by atoms with Crippen LogP contribution in [-0.2, 0) is 6.42 Å². The van der Waals surface area contributed by atoms with E-state index < -0.39 is 11.5 Å². The maximum absolute atomic E-state index is 12.7. The Bertz CT molecular complexity index is 1430. The minimum atomic E-state index is -0.528. The van der Waals surface area contributed by atoms with Crippen molar-refractivity contribution in [2.75, 3.05) is 12.3 Å². The number of nitrogen functional groups attached to an aromatic ring is 1. The van der Waals surface area contributed by atoms with E-state index in [9.17, 15) is 9.59 Å². The predicted molar refractivity (Wildman–Crippen MR) is 119 cm³/mol. The van der Waals surface area contributed by atoms with E-state index in [0.717, 1.165) is 21.2 Å². The van der Waals surface area contributed by atoms with Crippen LogP contribution in [0.5, 0.6) is 5.75 Å². The third-order valence-electron chi connectivity index (χ3n) is 5.32. The van der Waals surface area contributed by atoms with Crippen LogP contribution in [0.3, 0.4) is 0 Å². The summed E-state index contributed by atoms with van der Waals surface area (Å²) in [5, 5.41) is 13.5. The van der Waals surface area contributed by atoms with Gasteiger partial charge in [-0.05, 0) is 37.1 Å². The number of ether oxygens (including phenoxy) is 1. The van der Waals surface area contributed by atoms with Crippen molar-refractivity contribution in [1.82, 2.24) is 9.78 Å². The molecule has 8 nitrogen and oxygen atoms in total. The fourth-order valence-electron chi connectivity index (χ4n) is 3.58. The van der Waals surface area contributed by atoms with Gasteiger partial charge in [-0.15, -0.1) is 0 Å². The van der Waals surface area contributed by atoms with Crippen molar-refractivity contribution in [1.29, 1.82) is 5.26 Å². The molecule has 160 valence electrons. The maximum Gasteiger partial charge on any atom is 0.340 e. The Kier molecular flexibility index (Phi) is 5.48.